The van der Waals surface area contributed by atoms with Gasteiger partial charge in [0.2, 0.25) is 0 Å². The van der Waals surface area contributed by atoms with E-state index >= 15 is 0 Å². The quantitative estimate of drug-likeness (QED) is 0.510. The minimum absolute atomic E-state index is 0.166. The van der Waals surface area contributed by atoms with Crippen LogP contribution in [0.2, 0.25) is 0 Å². The third-order valence-electron chi connectivity index (χ3n) is 0.975. The zero-order chi connectivity index (χ0) is 9.02. The van der Waals surface area contributed by atoms with Crippen molar-refractivity contribution < 1.29 is 24.6 Å². The number of aliphatic carboxylic acids is 1. The summed E-state index contributed by atoms with van der Waals surface area (Å²) >= 11 is 0. The molecule has 0 saturated heterocycles. The molecule has 0 aromatic carbocycles. The van der Waals surface area contributed by atoms with Gasteiger partial charge in [-0.05, 0) is 6.92 Å². The Balaban J connectivity index is 4.39. The first-order valence-electron chi connectivity index (χ1n) is 2.78. The van der Waals surface area contributed by atoms with Gasteiger partial charge < -0.3 is 10.2 Å². The molecule has 0 atom stereocenters. The normalized spacial score (nSPS) is 8.82. The zero-order valence-electron chi connectivity index (χ0n) is 5.77. The standard InChI is InChI=1S/C5H7NO5/c1-2-6(5(10)11)3(7)4(8)9/h2H2,1H3,(H,8,9)(H,10,11). The molecule has 0 aliphatic carbocycles. The fourth-order valence-electron chi connectivity index (χ4n) is 0.481. The van der Waals surface area contributed by atoms with Gasteiger partial charge in [-0.1, -0.05) is 0 Å². The fourth-order valence-corrected chi connectivity index (χ4v) is 0.481. The number of carboxylic acid groups (broad SMARTS) is 2. The van der Waals surface area contributed by atoms with Crippen molar-refractivity contribution in [2.75, 3.05) is 6.54 Å². The molecule has 0 saturated carbocycles. The second kappa shape index (κ2) is 3.55. The summed E-state index contributed by atoms with van der Waals surface area (Å²) in [7, 11) is 0. The van der Waals surface area contributed by atoms with Crippen LogP contribution < -0.4 is 0 Å². The van der Waals surface area contributed by atoms with Crippen LogP contribution in [-0.4, -0.2) is 39.6 Å². The monoisotopic (exact) mass is 161 g/mol. The summed E-state index contributed by atoms with van der Waals surface area (Å²) in [5, 5.41) is 16.3. The highest BCUT2D eigenvalue weighted by Crippen LogP contribution is 1.89. The molecule has 6 nitrogen and oxygen atoms in total. The van der Waals surface area contributed by atoms with E-state index in [0.717, 1.165) is 0 Å². The SMILES string of the molecule is CCN(C(=O)O)C(=O)C(=O)O. The zero-order valence-corrected chi connectivity index (χ0v) is 5.77. The highest BCUT2D eigenvalue weighted by atomic mass is 16.4. The first-order valence-corrected chi connectivity index (χ1v) is 2.78. The molecule has 0 aliphatic heterocycles. The lowest BCUT2D eigenvalue weighted by Crippen LogP contribution is -2.39. The van der Waals surface area contributed by atoms with Crippen molar-refractivity contribution in [1.29, 1.82) is 0 Å². The van der Waals surface area contributed by atoms with Crippen molar-refractivity contribution in [3.8, 4) is 0 Å². The molecule has 11 heavy (non-hydrogen) atoms. The van der Waals surface area contributed by atoms with Crippen LogP contribution in [-0.2, 0) is 9.59 Å². The van der Waals surface area contributed by atoms with Gasteiger partial charge in [0.1, 0.15) is 0 Å². The minimum Gasteiger partial charge on any atom is -0.474 e. The molecule has 0 aromatic heterocycles. The number of amides is 2. The van der Waals surface area contributed by atoms with E-state index in [1.165, 1.54) is 6.92 Å². The van der Waals surface area contributed by atoms with Crippen molar-refractivity contribution in [1.82, 2.24) is 4.90 Å². The van der Waals surface area contributed by atoms with Crippen LogP contribution >= 0.6 is 0 Å². The van der Waals surface area contributed by atoms with Gasteiger partial charge in [-0.25, -0.2) is 14.5 Å². The summed E-state index contributed by atoms with van der Waals surface area (Å²) in [5.41, 5.74) is 0. The number of likely N-dealkylation sites (N-methyl/N-ethyl adjacent to an activating group) is 1. The van der Waals surface area contributed by atoms with Gasteiger partial charge in [0.25, 0.3) is 0 Å². The third kappa shape index (κ3) is 2.24. The Morgan fingerprint density at radius 3 is 1.82 bits per heavy atom. The molecule has 2 N–H and O–H groups in total. The fraction of sp³-hybridized carbons (Fsp3) is 0.400. The van der Waals surface area contributed by atoms with Crippen LogP contribution in [0.3, 0.4) is 0 Å². The molecular formula is C5H7NO5. The predicted octanol–water partition coefficient (Wildman–Crippen LogP) is -0.403. The summed E-state index contributed by atoms with van der Waals surface area (Å²) in [6.45, 7) is 1.20. The lowest BCUT2D eigenvalue weighted by atomic mass is 10.5. The number of carbonyl (C=O) groups is 3. The number of imide groups is 1. The molecule has 0 heterocycles. The lowest BCUT2D eigenvalue weighted by Gasteiger charge is -2.10. The van der Waals surface area contributed by atoms with Gasteiger partial charge in [-0.2, -0.15) is 0 Å². The lowest BCUT2D eigenvalue weighted by molar-refractivity contribution is -0.154. The van der Waals surface area contributed by atoms with E-state index in [4.69, 9.17) is 10.2 Å². The van der Waals surface area contributed by atoms with Crippen molar-refractivity contribution in [3.63, 3.8) is 0 Å². The molecule has 0 spiro atoms. The number of carbonyl (C=O) groups excluding carboxylic acids is 1. The smallest absolute Gasteiger partial charge is 0.414 e. The molecule has 0 radical (unpaired) electrons. The maximum absolute atomic E-state index is 10.5. The summed E-state index contributed by atoms with van der Waals surface area (Å²) < 4.78 is 0. The highest BCUT2D eigenvalue weighted by molar-refractivity contribution is 6.33. The van der Waals surface area contributed by atoms with E-state index in [1.54, 1.807) is 0 Å². The number of hydrogen-bond acceptors (Lipinski definition) is 3. The second-order valence-electron chi connectivity index (χ2n) is 1.64. The van der Waals surface area contributed by atoms with Crippen LogP contribution in [0.25, 0.3) is 0 Å². The van der Waals surface area contributed by atoms with Crippen LogP contribution in [0, 0.1) is 0 Å². The Morgan fingerprint density at radius 1 is 1.27 bits per heavy atom. The van der Waals surface area contributed by atoms with E-state index in [-0.39, 0.29) is 11.4 Å². The first-order chi connectivity index (χ1) is 5.00. The predicted molar refractivity (Wildman–Crippen MR) is 33.0 cm³/mol. The molecular weight excluding hydrogens is 154 g/mol. The number of nitrogens with zero attached hydrogens (tertiary/aromatic N) is 1. The van der Waals surface area contributed by atoms with Gasteiger partial charge in [0, 0.05) is 6.54 Å². The van der Waals surface area contributed by atoms with E-state index < -0.39 is 18.0 Å². The Hall–Kier alpha value is -1.59. The van der Waals surface area contributed by atoms with Gasteiger partial charge in [-0.3, -0.25) is 4.79 Å². The largest absolute Gasteiger partial charge is 0.474 e. The summed E-state index contributed by atoms with van der Waals surface area (Å²) in [6, 6.07) is 0. The van der Waals surface area contributed by atoms with E-state index in [1.807, 2.05) is 0 Å². The van der Waals surface area contributed by atoms with Crippen LogP contribution in [0.4, 0.5) is 4.79 Å². The first kappa shape index (κ1) is 9.41. The Bertz CT molecular complexity index is 199. The Labute approximate surface area is 62.0 Å². The van der Waals surface area contributed by atoms with Crippen LogP contribution in [0.15, 0.2) is 0 Å². The third-order valence-corrected chi connectivity index (χ3v) is 0.975. The Morgan fingerprint density at radius 2 is 1.73 bits per heavy atom. The average molecular weight is 161 g/mol. The minimum atomic E-state index is -1.77. The van der Waals surface area contributed by atoms with Crippen molar-refractivity contribution in [2.45, 2.75) is 6.92 Å². The molecule has 0 bridgehead atoms. The molecule has 0 unspecified atom stereocenters. The van der Waals surface area contributed by atoms with Gasteiger partial charge >= 0.3 is 18.0 Å². The van der Waals surface area contributed by atoms with Crippen molar-refractivity contribution >= 4 is 18.0 Å². The summed E-state index contributed by atoms with van der Waals surface area (Å²) in [6.07, 6.45) is -1.56. The second-order valence-corrected chi connectivity index (χ2v) is 1.64. The molecule has 62 valence electrons. The molecule has 6 heteroatoms. The van der Waals surface area contributed by atoms with Gasteiger partial charge in [0.05, 0.1) is 0 Å². The molecule has 0 fully saturated rings. The molecule has 0 rings (SSSR count). The number of hydrogen-bond donors (Lipinski definition) is 2. The van der Waals surface area contributed by atoms with Crippen molar-refractivity contribution in [3.05, 3.63) is 0 Å². The maximum Gasteiger partial charge on any atom is 0.414 e. The molecule has 0 aliphatic rings. The maximum atomic E-state index is 10.5. The van der Waals surface area contributed by atoms with Crippen molar-refractivity contribution in [2.24, 2.45) is 0 Å². The average Bonchev–Trinajstić information content (AvgIpc) is 1.88. The number of carboxylic acids is 1. The topological polar surface area (TPSA) is 94.9 Å². The van der Waals surface area contributed by atoms with E-state index in [9.17, 15) is 14.4 Å². The summed E-state index contributed by atoms with van der Waals surface area (Å²) in [5.74, 6) is -3.20. The van der Waals surface area contributed by atoms with Gasteiger partial charge in [0.15, 0.2) is 0 Å². The molecule has 2 amide bonds. The van der Waals surface area contributed by atoms with E-state index in [2.05, 4.69) is 0 Å². The number of rotatable bonds is 1. The molecule has 0 aromatic rings. The summed E-state index contributed by atoms with van der Waals surface area (Å²) in [4.78, 5) is 30.7. The highest BCUT2D eigenvalue weighted by Gasteiger charge is 2.24. The van der Waals surface area contributed by atoms with E-state index in [0.29, 0.717) is 0 Å². The van der Waals surface area contributed by atoms with Gasteiger partial charge in [-0.15, -0.1) is 0 Å². The Kier molecular flexibility index (Phi) is 3.03. The van der Waals surface area contributed by atoms with Crippen LogP contribution in [0.5, 0.6) is 0 Å². The van der Waals surface area contributed by atoms with Crippen LogP contribution in [0.1, 0.15) is 6.92 Å².